The number of carbonyl (C=O) groups is 2. The molecule has 2 aliphatic rings. The van der Waals surface area contributed by atoms with E-state index in [2.05, 4.69) is 27.7 Å². The molecular weight excluding hydrogens is 852 g/mol. The van der Waals surface area contributed by atoms with Crippen molar-refractivity contribution in [2.75, 3.05) is 13.2 Å². The third kappa shape index (κ3) is 10.4. The zero-order valence-electron chi connectivity index (χ0n) is 31.2. The molecule has 284 valence electrons. The molecule has 53 heavy (non-hydrogen) atoms. The van der Waals surface area contributed by atoms with E-state index in [0.29, 0.717) is 72.0 Å². The van der Waals surface area contributed by atoms with Gasteiger partial charge in [-0.05, 0) is 72.2 Å². The summed E-state index contributed by atoms with van der Waals surface area (Å²) in [6.07, 6.45) is 9.83. The summed E-state index contributed by atoms with van der Waals surface area (Å²) < 4.78 is 23.6. The Bertz CT molecular complexity index is 1700. The van der Waals surface area contributed by atoms with E-state index in [-0.39, 0.29) is 32.2 Å². The Morgan fingerprint density at radius 2 is 1.00 bits per heavy atom. The number of carbonyl (C=O) groups excluding carboxylic acids is 2. The first kappa shape index (κ1) is 41.5. The Labute approximate surface area is 328 Å². The van der Waals surface area contributed by atoms with Gasteiger partial charge in [0, 0.05) is 35.1 Å². The molecule has 0 saturated carbocycles. The van der Waals surface area contributed by atoms with Gasteiger partial charge in [-0.1, -0.05) is 103 Å². The molecule has 0 saturated heterocycles. The van der Waals surface area contributed by atoms with Crippen molar-refractivity contribution in [1.29, 1.82) is 0 Å². The zero-order chi connectivity index (χ0) is 37.0. The van der Waals surface area contributed by atoms with Crippen molar-refractivity contribution >= 4 is 11.9 Å². The number of aromatic carboxylic acids is 2. The third-order valence-electron chi connectivity index (χ3n) is 10.0. The van der Waals surface area contributed by atoms with Crippen LogP contribution in [0.2, 0.25) is 0 Å². The molecule has 0 aliphatic carbocycles. The summed E-state index contributed by atoms with van der Waals surface area (Å²) in [4.78, 5) is 23.7. The normalized spacial score (nSPS) is 13.1. The van der Waals surface area contributed by atoms with Crippen LogP contribution in [0.4, 0.5) is 0 Å². The topological polar surface area (TPSA) is 117 Å². The summed E-state index contributed by atoms with van der Waals surface area (Å²) >= 11 is 0. The molecule has 2 heterocycles. The monoisotopic (exact) mass is 901 g/mol. The van der Waals surface area contributed by atoms with Crippen LogP contribution >= 0.6 is 0 Å². The molecule has 9 heteroatoms. The average molecular weight is 902 g/mol. The van der Waals surface area contributed by atoms with Crippen molar-refractivity contribution in [3.05, 3.63) is 106 Å². The van der Waals surface area contributed by atoms with Gasteiger partial charge >= 0.3 is 21.1 Å². The number of unbranched alkanes of at least 4 members (excludes halogenated alkanes) is 2. The van der Waals surface area contributed by atoms with Gasteiger partial charge in [0.15, 0.2) is 0 Å². The van der Waals surface area contributed by atoms with Crippen LogP contribution in [0.5, 0.6) is 34.5 Å². The van der Waals surface area contributed by atoms with Crippen molar-refractivity contribution in [1.82, 2.24) is 0 Å². The zero-order valence-corrected chi connectivity index (χ0v) is 33.4. The fourth-order valence-electron chi connectivity index (χ4n) is 6.77. The van der Waals surface area contributed by atoms with Gasteiger partial charge in [0.1, 0.15) is 34.5 Å². The number of fused-ring (bicyclic) bond motifs is 4. The number of hydrogen-bond acceptors (Lipinski definition) is 8. The van der Waals surface area contributed by atoms with Crippen molar-refractivity contribution in [3.8, 4) is 34.5 Å². The van der Waals surface area contributed by atoms with Gasteiger partial charge < -0.3 is 38.7 Å². The molecule has 0 bridgehead atoms. The van der Waals surface area contributed by atoms with Crippen molar-refractivity contribution in [2.24, 2.45) is 11.8 Å². The molecule has 0 spiro atoms. The molecular formula is C44H50O8Pt. The maximum atomic E-state index is 11.8. The summed E-state index contributed by atoms with van der Waals surface area (Å²) in [7, 11) is 0. The summed E-state index contributed by atoms with van der Waals surface area (Å²) in [5.41, 5.74) is 3.42. The first-order valence-electron chi connectivity index (χ1n) is 18.8. The van der Waals surface area contributed by atoms with E-state index in [9.17, 15) is 19.8 Å². The van der Waals surface area contributed by atoms with Gasteiger partial charge in [0.05, 0.1) is 25.2 Å². The Morgan fingerprint density at radius 3 is 1.36 bits per heavy atom. The SMILES string of the molecule is CCCCC(CC)COc1ccc2c(c1C(=O)[O-])Cc1ccccc1O2.CCCCC(CC)COc1ccc2c(c1C(=O)[O-])Cc1ccccc1O2.[Pt+2]. The van der Waals surface area contributed by atoms with Crippen LogP contribution in [0, 0.1) is 11.8 Å². The molecule has 0 radical (unpaired) electrons. The molecule has 0 amide bonds. The number of ether oxygens (including phenoxy) is 4. The van der Waals surface area contributed by atoms with Crippen LogP contribution < -0.4 is 29.2 Å². The van der Waals surface area contributed by atoms with Gasteiger partial charge in [-0.2, -0.15) is 0 Å². The van der Waals surface area contributed by atoms with Crippen LogP contribution in [-0.4, -0.2) is 25.2 Å². The smallest absolute Gasteiger partial charge is 0.545 e. The Hall–Kier alpha value is -4.29. The van der Waals surface area contributed by atoms with E-state index < -0.39 is 11.9 Å². The maximum absolute atomic E-state index is 11.8. The fourth-order valence-corrected chi connectivity index (χ4v) is 6.77. The maximum Gasteiger partial charge on any atom is 2.00 e. The summed E-state index contributed by atoms with van der Waals surface area (Å²) in [5.74, 6) is 1.83. The Balaban J connectivity index is 0.000000232. The van der Waals surface area contributed by atoms with E-state index in [1.165, 1.54) is 0 Å². The minimum absolute atomic E-state index is 0. The number of benzene rings is 4. The van der Waals surface area contributed by atoms with E-state index in [1.54, 1.807) is 24.3 Å². The minimum Gasteiger partial charge on any atom is -0.545 e. The van der Waals surface area contributed by atoms with Gasteiger partial charge in [-0.25, -0.2) is 0 Å². The third-order valence-corrected chi connectivity index (χ3v) is 10.0. The van der Waals surface area contributed by atoms with Crippen molar-refractivity contribution < 1.29 is 59.8 Å². The standard InChI is InChI=1S/2C22H26O4.Pt/c2*1-3-5-8-15(4-2)14-25-20-12-11-19-17(21(20)22(23)24)13-16-9-6-7-10-18(16)26-19;/h2*6-7,9-12,15H,3-5,8,13-14H2,1-2H3,(H,23,24);/q;;+2/p-2. The summed E-state index contributed by atoms with van der Waals surface area (Å²) in [6, 6.07) is 22.3. The molecule has 0 aromatic heterocycles. The number of hydrogen-bond donors (Lipinski definition) is 0. The minimum atomic E-state index is -1.22. The first-order valence-corrected chi connectivity index (χ1v) is 18.8. The van der Waals surface area contributed by atoms with E-state index >= 15 is 0 Å². The second kappa shape index (κ2) is 20.2. The van der Waals surface area contributed by atoms with Gasteiger partial charge in [-0.15, -0.1) is 0 Å². The second-order valence-electron chi connectivity index (χ2n) is 13.6. The average Bonchev–Trinajstić information content (AvgIpc) is 3.16. The second-order valence-corrected chi connectivity index (χ2v) is 13.6. The molecule has 6 rings (SSSR count). The molecule has 0 N–H and O–H groups in total. The summed E-state index contributed by atoms with van der Waals surface area (Å²) in [5, 5.41) is 23.7. The number of para-hydroxylation sites is 2. The van der Waals surface area contributed by atoms with Crippen molar-refractivity contribution in [3.63, 3.8) is 0 Å². The van der Waals surface area contributed by atoms with E-state index in [0.717, 1.165) is 74.0 Å². The molecule has 4 aromatic carbocycles. The van der Waals surface area contributed by atoms with Crippen LogP contribution in [0.25, 0.3) is 0 Å². The van der Waals surface area contributed by atoms with Crippen LogP contribution in [0.1, 0.15) is 122 Å². The number of carboxylic acid groups (broad SMARTS) is 2. The van der Waals surface area contributed by atoms with Crippen LogP contribution in [0.15, 0.2) is 72.8 Å². The molecule has 0 fully saturated rings. The van der Waals surface area contributed by atoms with E-state index in [1.807, 2.05) is 48.5 Å². The quantitative estimate of drug-likeness (QED) is 0.0948. The molecule has 2 aliphatic heterocycles. The largest absolute Gasteiger partial charge is 2.00 e. The predicted molar refractivity (Wildman–Crippen MR) is 198 cm³/mol. The first-order chi connectivity index (χ1) is 25.3. The Morgan fingerprint density at radius 1 is 0.604 bits per heavy atom. The van der Waals surface area contributed by atoms with Gasteiger partial charge in [0.25, 0.3) is 0 Å². The van der Waals surface area contributed by atoms with Gasteiger partial charge in [0.2, 0.25) is 0 Å². The van der Waals surface area contributed by atoms with Crippen LogP contribution in [-0.2, 0) is 33.9 Å². The number of rotatable bonds is 16. The molecule has 2 atom stereocenters. The predicted octanol–water partition coefficient (Wildman–Crippen LogP) is 8.68. The summed E-state index contributed by atoms with van der Waals surface area (Å²) in [6.45, 7) is 9.66. The Kier molecular flexibility index (Phi) is 15.8. The van der Waals surface area contributed by atoms with Gasteiger partial charge in [-0.3, -0.25) is 0 Å². The fraction of sp³-hybridized carbons (Fsp3) is 0.409. The van der Waals surface area contributed by atoms with Crippen LogP contribution in [0.3, 0.4) is 0 Å². The van der Waals surface area contributed by atoms with Crippen molar-refractivity contribution in [2.45, 2.75) is 91.9 Å². The molecule has 8 nitrogen and oxygen atoms in total. The number of carboxylic acids is 2. The molecule has 4 aromatic rings. The van der Waals surface area contributed by atoms with E-state index in [4.69, 9.17) is 18.9 Å². The molecule has 2 unspecified atom stereocenters.